The third-order valence-electron chi connectivity index (χ3n) is 3.31. The average molecular weight is 284 g/mol. The van der Waals surface area contributed by atoms with Gasteiger partial charge in [0.05, 0.1) is 11.0 Å². The molecule has 0 spiro atoms. The lowest BCUT2D eigenvalue weighted by atomic mass is 10.0. The molecule has 1 aliphatic heterocycles. The number of rotatable bonds is 4. The molecular weight excluding hydrogens is 264 g/mol. The van der Waals surface area contributed by atoms with Crippen molar-refractivity contribution in [2.45, 2.75) is 43.4 Å². The first-order valence-electron chi connectivity index (χ1n) is 6.42. The van der Waals surface area contributed by atoms with E-state index in [4.69, 9.17) is 9.88 Å². The van der Waals surface area contributed by atoms with Crippen molar-refractivity contribution >= 4 is 10.0 Å². The van der Waals surface area contributed by atoms with Crippen LogP contribution in [-0.4, -0.2) is 27.2 Å². The summed E-state index contributed by atoms with van der Waals surface area (Å²) in [6, 6.07) is 7.15. The molecule has 5 nitrogen and oxygen atoms in total. The van der Waals surface area contributed by atoms with E-state index in [0.29, 0.717) is 12.6 Å². The second kappa shape index (κ2) is 6.00. The average Bonchev–Trinajstić information content (AvgIpc) is 2.36. The molecule has 19 heavy (non-hydrogen) atoms. The molecule has 3 N–H and O–H groups in total. The van der Waals surface area contributed by atoms with Gasteiger partial charge in [-0.2, -0.15) is 0 Å². The van der Waals surface area contributed by atoms with Crippen LogP contribution in [0.1, 0.15) is 25.3 Å². The van der Waals surface area contributed by atoms with Crippen molar-refractivity contribution in [3.63, 3.8) is 0 Å². The molecule has 1 aromatic carbocycles. The van der Waals surface area contributed by atoms with E-state index < -0.39 is 10.0 Å². The summed E-state index contributed by atoms with van der Waals surface area (Å²) in [6.45, 7) is 3.48. The predicted octanol–water partition coefficient (Wildman–Crippen LogP) is 0.991. The fourth-order valence-corrected chi connectivity index (χ4v) is 2.86. The number of primary sulfonamides is 1. The van der Waals surface area contributed by atoms with Crippen LogP contribution in [0.2, 0.25) is 0 Å². The molecule has 0 bridgehead atoms. The third kappa shape index (κ3) is 4.28. The lowest BCUT2D eigenvalue weighted by molar-refractivity contribution is 0.0130. The molecule has 0 amide bonds. The maximum absolute atomic E-state index is 11.3. The number of benzene rings is 1. The van der Waals surface area contributed by atoms with Crippen LogP contribution >= 0.6 is 0 Å². The monoisotopic (exact) mass is 284 g/mol. The van der Waals surface area contributed by atoms with Gasteiger partial charge >= 0.3 is 0 Å². The number of sulfonamides is 1. The van der Waals surface area contributed by atoms with Gasteiger partial charge in [-0.1, -0.05) is 12.1 Å². The standard InChI is InChI=1S/C13H20N2O3S/c1-10-7-12(5-6-18-10)15-9-11-3-2-4-13(8-11)19(14,16)17/h2-4,8,10,12,15H,5-7,9H2,1H3,(H2,14,16,17). The maximum Gasteiger partial charge on any atom is 0.238 e. The lowest BCUT2D eigenvalue weighted by Crippen LogP contribution is -2.37. The number of nitrogens with two attached hydrogens (primary N) is 1. The van der Waals surface area contributed by atoms with Gasteiger partial charge in [0.25, 0.3) is 0 Å². The van der Waals surface area contributed by atoms with Crippen LogP contribution in [-0.2, 0) is 21.3 Å². The summed E-state index contributed by atoms with van der Waals surface area (Å²) in [5, 5.41) is 8.55. The fraction of sp³-hybridized carbons (Fsp3) is 0.538. The summed E-state index contributed by atoms with van der Waals surface area (Å²) in [7, 11) is -3.63. The fourth-order valence-electron chi connectivity index (χ4n) is 2.28. The van der Waals surface area contributed by atoms with Crippen LogP contribution in [0.25, 0.3) is 0 Å². The van der Waals surface area contributed by atoms with Crippen molar-refractivity contribution in [3.05, 3.63) is 29.8 Å². The SMILES string of the molecule is CC1CC(NCc2cccc(S(N)(=O)=O)c2)CCO1. The summed E-state index contributed by atoms with van der Waals surface area (Å²) in [4.78, 5) is 0.159. The van der Waals surface area contributed by atoms with Gasteiger partial charge in [0.2, 0.25) is 10.0 Å². The van der Waals surface area contributed by atoms with Gasteiger partial charge in [0.15, 0.2) is 0 Å². The predicted molar refractivity (Wildman–Crippen MR) is 73.1 cm³/mol. The summed E-state index contributed by atoms with van der Waals surface area (Å²) in [5.41, 5.74) is 0.922. The molecule has 0 aromatic heterocycles. The Morgan fingerprint density at radius 2 is 2.26 bits per heavy atom. The van der Waals surface area contributed by atoms with Crippen molar-refractivity contribution in [1.29, 1.82) is 0 Å². The Labute approximate surface area is 114 Å². The third-order valence-corrected chi connectivity index (χ3v) is 4.22. The zero-order valence-electron chi connectivity index (χ0n) is 11.0. The van der Waals surface area contributed by atoms with Gasteiger partial charge < -0.3 is 10.1 Å². The van der Waals surface area contributed by atoms with E-state index in [1.54, 1.807) is 12.1 Å². The van der Waals surface area contributed by atoms with E-state index in [2.05, 4.69) is 12.2 Å². The number of ether oxygens (including phenoxy) is 1. The second-order valence-electron chi connectivity index (χ2n) is 4.98. The molecule has 1 aromatic rings. The first kappa shape index (κ1) is 14.5. The van der Waals surface area contributed by atoms with E-state index in [1.807, 2.05) is 6.07 Å². The van der Waals surface area contributed by atoms with Crippen LogP contribution in [0.5, 0.6) is 0 Å². The van der Waals surface area contributed by atoms with E-state index in [9.17, 15) is 8.42 Å². The van der Waals surface area contributed by atoms with Crippen LogP contribution in [0.15, 0.2) is 29.2 Å². The Morgan fingerprint density at radius 1 is 1.47 bits per heavy atom. The molecule has 2 rings (SSSR count). The Bertz CT molecular complexity index is 530. The van der Waals surface area contributed by atoms with E-state index >= 15 is 0 Å². The van der Waals surface area contributed by atoms with E-state index in [1.165, 1.54) is 6.07 Å². The quantitative estimate of drug-likeness (QED) is 0.864. The minimum Gasteiger partial charge on any atom is -0.378 e. The number of nitrogens with one attached hydrogen (secondary N) is 1. The highest BCUT2D eigenvalue weighted by molar-refractivity contribution is 7.89. The molecular formula is C13H20N2O3S. The summed E-state index contributed by atoms with van der Waals surface area (Å²) in [5.74, 6) is 0. The molecule has 0 aliphatic carbocycles. The van der Waals surface area contributed by atoms with Crippen molar-refractivity contribution in [1.82, 2.24) is 5.32 Å². The van der Waals surface area contributed by atoms with Crippen molar-refractivity contribution in [2.75, 3.05) is 6.61 Å². The summed E-state index contributed by atoms with van der Waals surface area (Å²) >= 11 is 0. The Hall–Kier alpha value is -0.950. The Kier molecular flexibility index (Phi) is 4.57. The highest BCUT2D eigenvalue weighted by Crippen LogP contribution is 2.15. The van der Waals surface area contributed by atoms with Gasteiger partial charge in [-0.25, -0.2) is 13.6 Å². The molecule has 2 atom stereocenters. The van der Waals surface area contributed by atoms with Crippen molar-refractivity contribution < 1.29 is 13.2 Å². The second-order valence-corrected chi connectivity index (χ2v) is 6.54. The highest BCUT2D eigenvalue weighted by Gasteiger charge is 2.18. The lowest BCUT2D eigenvalue weighted by Gasteiger charge is -2.28. The van der Waals surface area contributed by atoms with Crippen LogP contribution in [0.4, 0.5) is 0 Å². The number of hydrogen-bond acceptors (Lipinski definition) is 4. The van der Waals surface area contributed by atoms with Crippen molar-refractivity contribution in [3.8, 4) is 0 Å². The molecule has 1 heterocycles. The van der Waals surface area contributed by atoms with Gasteiger partial charge in [-0.05, 0) is 37.5 Å². The molecule has 1 saturated heterocycles. The van der Waals surface area contributed by atoms with Crippen molar-refractivity contribution in [2.24, 2.45) is 5.14 Å². The Morgan fingerprint density at radius 3 is 2.95 bits per heavy atom. The maximum atomic E-state index is 11.3. The van der Waals surface area contributed by atoms with Crippen LogP contribution < -0.4 is 10.5 Å². The highest BCUT2D eigenvalue weighted by atomic mass is 32.2. The van der Waals surface area contributed by atoms with E-state index in [-0.39, 0.29) is 11.0 Å². The molecule has 6 heteroatoms. The first-order chi connectivity index (χ1) is 8.95. The summed E-state index contributed by atoms with van der Waals surface area (Å²) < 4.78 is 28.0. The van der Waals surface area contributed by atoms with Gasteiger partial charge in [0.1, 0.15) is 0 Å². The Balaban J connectivity index is 1.96. The zero-order valence-corrected chi connectivity index (χ0v) is 11.8. The minimum absolute atomic E-state index is 0.159. The molecule has 0 radical (unpaired) electrons. The van der Waals surface area contributed by atoms with Crippen LogP contribution in [0.3, 0.4) is 0 Å². The smallest absolute Gasteiger partial charge is 0.238 e. The zero-order chi connectivity index (χ0) is 13.9. The normalized spacial score (nSPS) is 24.3. The number of hydrogen-bond donors (Lipinski definition) is 2. The van der Waals surface area contributed by atoms with Gasteiger partial charge in [0, 0.05) is 19.2 Å². The molecule has 1 aliphatic rings. The topological polar surface area (TPSA) is 81.4 Å². The molecule has 1 fully saturated rings. The summed E-state index contributed by atoms with van der Waals surface area (Å²) in [6.07, 6.45) is 2.25. The molecule has 0 saturated carbocycles. The minimum atomic E-state index is -3.63. The molecule has 2 unspecified atom stereocenters. The first-order valence-corrected chi connectivity index (χ1v) is 7.96. The van der Waals surface area contributed by atoms with E-state index in [0.717, 1.165) is 25.0 Å². The van der Waals surface area contributed by atoms with Crippen LogP contribution in [0, 0.1) is 0 Å². The van der Waals surface area contributed by atoms with Gasteiger partial charge in [-0.15, -0.1) is 0 Å². The molecule has 106 valence electrons. The largest absolute Gasteiger partial charge is 0.378 e. The van der Waals surface area contributed by atoms with Gasteiger partial charge in [-0.3, -0.25) is 0 Å².